The van der Waals surface area contributed by atoms with Gasteiger partial charge >= 0.3 is 11.9 Å². The molecule has 0 spiro atoms. The Morgan fingerprint density at radius 1 is 1.07 bits per heavy atom. The number of carboxylic acid groups (broad SMARTS) is 1. The lowest BCUT2D eigenvalue weighted by atomic mass is 9.88. The minimum atomic E-state index is -0.941. The summed E-state index contributed by atoms with van der Waals surface area (Å²) in [6.07, 6.45) is 1.37. The molecule has 30 heavy (non-hydrogen) atoms. The number of carboxylic acids is 1. The van der Waals surface area contributed by atoms with Crippen molar-refractivity contribution in [2.45, 2.75) is 73.6 Å². The Kier molecular flexibility index (Phi) is 12.7. The van der Waals surface area contributed by atoms with Gasteiger partial charge in [0.25, 0.3) is 0 Å². The Morgan fingerprint density at radius 3 is 2.13 bits per heavy atom. The molecule has 2 N–H and O–H groups in total. The highest BCUT2D eigenvalue weighted by Gasteiger charge is 2.27. The lowest BCUT2D eigenvalue weighted by molar-refractivity contribution is -0.148. The molecule has 1 atom stereocenters. The van der Waals surface area contributed by atoms with Crippen LogP contribution < -0.4 is 5.32 Å². The first kappa shape index (κ1) is 27.6. The smallest absolute Gasteiger partial charge is 0.313 e. The third-order valence-electron chi connectivity index (χ3n) is 4.70. The van der Waals surface area contributed by atoms with E-state index in [1.807, 2.05) is 38.1 Å². The molecule has 6 heteroatoms. The molecule has 0 saturated heterocycles. The van der Waals surface area contributed by atoms with Gasteiger partial charge in [-0.3, -0.25) is 14.4 Å². The van der Waals surface area contributed by atoms with Crippen LogP contribution in [0.4, 0.5) is 0 Å². The van der Waals surface area contributed by atoms with Crippen LogP contribution >= 0.6 is 0 Å². The largest absolute Gasteiger partial charge is 0.481 e. The lowest BCUT2D eigenvalue weighted by Gasteiger charge is -2.18. The molecule has 170 valence electrons. The third kappa shape index (κ3) is 10.4. The Labute approximate surface area is 181 Å². The van der Waals surface area contributed by atoms with Gasteiger partial charge < -0.3 is 15.2 Å². The van der Waals surface area contributed by atoms with Crippen molar-refractivity contribution in [2.75, 3.05) is 13.2 Å². The third-order valence-corrected chi connectivity index (χ3v) is 4.70. The maximum absolute atomic E-state index is 12.2. The number of ether oxygens (including phenoxy) is 1. The van der Waals surface area contributed by atoms with E-state index in [0.717, 1.165) is 12.0 Å². The van der Waals surface area contributed by atoms with Gasteiger partial charge in [-0.2, -0.15) is 0 Å². The van der Waals surface area contributed by atoms with Gasteiger partial charge in [0.2, 0.25) is 5.91 Å². The summed E-state index contributed by atoms with van der Waals surface area (Å²) in [5.41, 5.74) is 1.20. The number of esters is 1. The van der Waals surface area contributed by atoms with Crippen molar-refractivity contribution in [2.24, 2.45) is 11.3 Å². The van der Waals surface area contributed by atoms with Crippen LogP contribution in [0, 0.1) is 11.3 Å². The molecular formula is C24H39NO5. The maximum Gasteiger partial charge on any atom is 0.313 e. The zero-order valence-corrected chi connectivity index (χ0v) is 19.6. The number of carbonyl (C=O) groups excluding carboxylic acids is 2. The number of carbonyl (C=O) groups is 3. The van der Waals surface area contributed by atoms with E-state index in [1.165, 1.54) is 5.56 Å². The SMILES string of the molecule is CC.CC(C)Cc1ccc(C(C)C(=O)OCCNC(=O)CCC(C)(C)C(=O)O)cc1. The van der Waals surface area contributed by atoms with Crippen molar-refractivity contribution < 1.29 is 24.2 Å². The van der Waals surface area contributed by atoms with Gasteiger partial charge in [0.05, 0.1) is 17.9 Å². The summed E-state index contributed by atoms with van der Waals surface area (Å²) >= 11 is 0. The second-order valence-corrected chi connectivity index (χ2v) is 8.27. The van der Waals surface area contributed by atoms with Crippen LogP contribution in [-0.4, -0.2) is 36.1 Å². The maximum atomic E-state index is 12.2. The summed E-state index contributed by atoms with van der Waals surface area (Å²) < 4.78 is 5.24. The summed E-state index contributed by atoms with van der Waals surface area (Å²) in [7, 11) is 0. The predicted molar refractivity (Wildman–Crippen MR) is 119 cm³/mol. The van der Waals surface area contributed by atoms with Crippen LogP contribution in [0.2, 0.25) is 0 Å². The number of rotatable bonds is 11. The highest BCUT2D eigenvalue weighted by molar-refractivity contribution is 5.79. The molecule has 0 bridgehead atoms. The van der Waals surface area contributed by atoms with Gasteiger partial charge in [-0.05, 0) is 50.7 Å². The average Bonchev–Trinajstić information content (AvgIpc) is 2.70. The molecule has 0 aliphatic carbocycles. The summed E-state index contributed by atoms with van der Waals surface area (Å²) in [4.78, 5) is 35.0. The quantitative estimate of drug-likeness (QED) is 0.403. The number of aliphatic carboxylic acids is 1. The van der Waals surface area contributed by atoms with Crippen molar-refractivity contribution in [3.63, 3.8) is 0 Å². The molecule has 6 nitrogen and oxygen atoms in total. The summed E-state index contributed by atoms with van der Waals surface area (Å²) in [5.74, 6) is -1.31. The number of amides is 1. The summed E-state index contributed by atoms with van der Waals surface area (Å²) in [5, 5.41) is 11.7. The van der Waals surface area contributed by atoms with E-state index >= 15 is 0 Å². The van der Waals surface area contributed by atoms with Gasteiger partial charge in [0, 0.05) is 6.42 Å². The molecule has 0 aliphatic heterocycles. The average molecular weight is 422 g/mol. The lowest BCUT2D eigenvalue weighted by Crippen LogP contribution is -2.31. The second-order valence-electron chi connectivity index (χ2n) is 8.27. The molecule has 0 aromatic heterocycles. The van der Waals surface area contributed by atoms with Crippen LogP contribution in [0.25, 0.3) is 0 Å². The minimum Gasteiger partial charge on any atom is -0.481 e. The highest BCUT2D eigenvalue weighted by atomic mass is 16.5. The molecule has 1 unspecified atom stereocenters. The van der Waals surface area contributed by atoms with E-state index in [4.69, 9.17) is 9.84 Å². The van der Waals surface area contributed by atoms with Crippen molar-refractivity contribution >= 4 is 17.8 Å². The Bertz CT molecular complexity index is 665. The molecule has 0 heterocycles. The number of benzene rings is 1. The molecule has 0 saturated carbocycles. The number of nitrogens with one attached hydrogen (secondary N) is 1. The molecule has 1 rings (SSSR count). The van der Waals surface area contributed by atoms with Crippen molar-refractivity contribution in [1.29, 1.82) is 0 Å². The summed E-state index contributed by atoms with van der Waals surface area (Å²) in [6, 6.07) is 7.99. The van der Waals surface area contributed by atoms with E-state index in [1.54, 1.807) is 20.8 Å². The second kappa shape index (κ2) is 13.8. The zero-order chi connectivity index (χ0) is 23.3. The van der Waals surface area contributed by atoms with Gasteiger partial charge in [-0.25, -0.2) is 0 Å². The van der Waals surface area contributed by atoms with Gasteiger partial charge in [0.1, 0.15) is 6.61 Å². The van der Waals surface area contributed by atoms with Crippen LogP contribution in [0.1, 0.15) is 78.4 Å². The predicted octanol–water partition coefficient (Wildman–Crippen LogP) is 4.57. The van der Waals surface area contributed by atoms with E-state index in [2.05, 4.69) is 19.2 Å². The molecule has 0 aliphatic rings. The first-order chi connectivity index (χ1) is 14.0. The number of hydrogen-bond acceptors (Lipinski definition) is 4. The first-order valence-electron chi connectivity index (χ1n) is 10.8. The molecular weight excluding hydrogens is 382 g/mol. The van der Waals surface area contributed by atoms with Crippen LogP contribution in [0.5, 0.6) is 0 Å². The molecule has 1 aromatic rings. The molecule has 0 fully saturated rings. The van der Waals surface area contributed by atoms with Crippen LogP contribution in [0.15, 0.2) is 24.3 Å². The Balaban J connectivity index is 0.00000407. The van der Waals surface area contributed by atoms with Crippen molar-refractivity contribution in [3.8, 4) is 0 Å². The minimum absolute atomic E-state index is 0.0860. The zero-order valence-electron chi connectivity index (χ0n) is 19.6. The van der Waals surface area contributed by atoms with Crippen molar-refractivity contribution in [3.05, 3.63) is 35.4 Å². The topological polar surface area (TPSA) is 92.7 Å². The fraction of sp³-hybridized carbons (Fsp3) is 0.625. The van der Waals surface area contributed by atoms with E-state index in [0.29, 0.717) is 5.92 Å². The molecule has 1 aromatic carbocycles. The van der Waals surface area contributed by atoms with Crippen LogP contribution in [-0.2, 0) is 25.5 Å². The Morgan fingerprint density at radius 2 is 1.63 bits per heavy atom. The van der Waals surface area contributed by atoms with Gasteiger partial charge in [-0.15, -0.1) is 0 Å². The van der Waals surface area contributed by atoms with Crippen molar-refractivity contribution in [1.82, 2.24) is 5.32 Å². The van der Waals surface area contributed by atoms with E-state index < -0.39 is 11.4 Å². The number of hydrogen-bond donors (Lipinski definition) is 2. The normalized spacial score (nSPS) is 11.9. The highest BCUT2D eigenvalue weighted by Crippen LogP contribution is 2.22. The summed E-state index contributed by atoms with van der Waals surface area (Å²) in [6.45, 7) is 13.6. The fourth-order valence-electron chi connectivity index (χ4n) is 2.64. The van der Waals surface area contributed by atoms with E-state index in [9.17, 15) is 14.4 Å². The fourth-order valence-corrected chi connectivity index (χ4v) is 2.64. The molecule has 1 amide bonds. The standard InChI is InChI=1S/C22H33NO5.C2H6/c1-15(2)14-17-6-8-18(9-7-17)16(3)20(25)28-13-12-23-19(24)10-11-22(4,5)21(26)27;1-2/h6-9,15-16H,10-14H2,1-5H3,(H,23,24)(H,26,27);1-2H3. The van der Waals surface area contributed by atoms with E-state index in [-0.39, 0.29) is 43.8 Å². The molecule has 0 radical (unpaired) electrons. The Hall–Kier alpha value is -2.37. The first-order valence-corrected chi connectivity index (χ1v) is 10.8. The van der Waals surface area contributed by atoms with Gasteiger partial charge in [0.15, 0.2) is 0 Å². The monoisotopic (exact) mass is 421 g/mol. The van der Waals surface area contributed by atoms with Crippen LogP contribution in [0.3, 0.4) is 0 Å². The van der Waals surface area contributed by atoms with Gasteiger partial charge in [-0.1, -0.05) is 52.0 Å².